The van der Waals surface area contributed by atoms with E-state index in [1.807, 2.05) is 32.9 Å². The van der Waals surface area contributed by atoms with Crippen LogP contribution in [0.15, 0.2) is 65.1 Å². The highest BCUT2D eigenvalue weighted by molar-refractivity contribution is 7.89. The molecule has 220 valence electrons. The van der Waals surface area contributed by atoms with E-state index in [0.717, 1.165) is 33.4 Å². The normalized spacial score (nSPS) is 14.3. The van der Waals surface area contributed by atoms with E-state index < -0.39 is 33.2 Å². The van der Waals surface area contributed by atoms with E-state index in [0.29, 0.717) is 22.4 Å². The third kappa shape index (κ3) is 6.37. The average Bonchev–Trinajstić information content (AvgIpc) is 3.12. The number of carbonyl (C=O) groups excluding carboxylic acids is 1. The molecule has 7 nitrogen and oxygen atoms in total. The van der Waals surface area contributed by atoms with Crippen molar-refractivity contribution in [2.45, 2.75) is 57.8 Å². The molecule has 2 N–H and O–H groups in total. The maximum atomic E-state index is 14.4. The predicted octanol–water partition coefficient (Wildman–Crippen LogP) is 6.43. The van der Waals surface area contributed by atoms with Crippen LogP contribution < -0.4 is 9.46 Å². The molecule has 9 heteroatoms. The van der Waals surface area contributed by atoms with Crippen LogP contribution in [0.3, 0.4) is 0 Å². The molecule has 0 radical (unpaired) electrons. The molecule has 0 unspecified atom stereocenters. The first-order valence-electron chi connectivity index (χ1n) is 13.4. The Hall–Kier alpha value is -4.08. The number of allylic oxidation sites excluding steroid dienone is 2. The Kier molecular flexibility index (Phi) is 8.57. The topological polar surface area (TPSA) is 110 Å². The van der Waals surface area contributed by atoms with Crippen LogP contribution in [-0.2, 0) is 25.0 Å². The zero-order valence-electron chi connectivity index (χ0n) is 24.5. The van der Waals surface area contributed by atoms with E-state index >= 15 is 0 Å². The Morgan fingerprint density at radius 1 is 1.00 bits per heavy atom. The van der Waals surface area contributed by atoms with Crippen molar-refractivity contribution in [1.82, 2.24) is 4.72 Å². The number of rotatable bonds is 9. The summed E-state index contributed by atoms with van der Waals surface area (Å²) in [6, 6.07) is 14.4. The van der Waals surface area contributed by atoms with Crippen LogP contribution in [0.5, 0.6) is 5.75 Å². The molecule has 0 aromatic heterocycles. The highest BCUT2D eigenvalue weighted by atomic mass is 32.2. The van der Waals surface area contributed by atoms with Gasteiger partial charge in [-0.15, -0.1) is 0 Å². The minimum Gasteiger partial charge on any atom is -0.481 e. The van der Waals surface area contributed by atoms with Gasteiger partial charge in [0.1, 0.15) is 11.6 Å². The maximum Gasteiger partial charge on any atom is 0.315 e. The number of carbonyl (C=O) groups is 2. The van der Waals surface area contributed by atoms with Gasteiger partial charge >= 0.3 is 11.9 Å². The summed E-state index contributed by atoms with van der Waals surface area (Å²) >= 11 is 0. The molecule has 0 aliphatic heterocycles. The smallest absolute Gasteiger partial charge is 0.315 e. The summed E-state index contributed by atoms with van der Waals surface area (Å²) < 4.78 is 46.8. The summed E-state index contributed by atoms with van der Waals surface area (Å²) in [7, 11) is -2.24. The van der Waals surface area contributed by atoms with Crippen molar-refractivity contribution in [3.8, 4) is 5.75 Å². The Labute approximate surface area is 245 Å². The van der Waals surface area contributed by atoms with E-state index in [4.69, 9.17) is 4.74 Å². The zero-order chi connectivity index (χ0) is 31.0. The number of benzene rings is 3. The van der Waals surface area contributed by atoms with Crippen molar-refractivity contribution in [2.75, 3.05) is 7.05 Å². The largest absolute Gasteiger partial charge is 0.481 e. The van der Waals surface area contributed by atoms with Crippen LogP contribution in [-0.4, -0.2) is 32.5 Å². The first-order valence-corrected chi connectivity index (χ1v) is 14.9. The van der Waals surface area contributed by atoms with Crippen LogP contribution in [0.1, 0.15) is 67.0 Å². The SMILES string of the molecule is CNS(=O)(=O)c1ccc(C=C2C(C)=C(CC(=O)Oc3cc(C)cc(C)c3C(C)(C)CC(=O)O)c3cc(F)ccc32)cc1. The molecule has 0 heterocycles. The van der Waals surface area contributed by atoms with E-state index in [-0.39, 0.29) is 17.7 Å². The first kappa shape index (κ1) is 30.9. The van der Waals surface area contributed by atoms with Crippen LogP contribution in [0, 0.1) is 19.7 Å². The van der Waals surface area contributed by atoms with Gasteiger partial charge in [0.15, 0.2) is 0 Å². The van der Waals surface area contributed by atoms with Crippen molar-refractivity contribution < 1.29 is 32.2 Å². The highest BCUT2D eigenvalue weighted by Crippen LogP contribution is 2.44. The Balaban J connectivity index is 1.70. The number of ether oxygens (including phenoxy) is 1. The number of esters is 1. The predicted molar refractivity (Wildman–Crippen MR) is 161 cm³/mol. The van der Waals surface area contributed by atoms with E-state index in [1.54, 1.807) is 38.1 Å². The molecule has 0 atom stereocenters. The van der Waals surface area contributed by atoms with Crippen molar-refractivity contribution in [3.05, 3.63) is 99.4 Å². The molecule has 0 spiro atoms. The molecule has 0 saturated heterocycles. The third-order valence-corrected chi connectivity index (χ3v) is 8.91. The van der Waals surface area contributed by atoms with Crippen LogP contribution in [0.4, 0.5) is 4.39 Å². The number of halogens is 1. The fourth-order valence-electron chi connectivity index (χ4n) is 5.66. The second-order valence-electron chi connectivity index (χ2n) is 11.2. The fourth-order valence-corrected chi connectivity index (χ4v) is 6.39. The number of hydrogen-bond donors (Lipinski definition) is 2. The van der Waals surface area contributed by atoms with Gasteiger partial charge in [-0.25, -0.2) is 17.5 Å². The van der Waals surface area contributed by atoms with Gasteiger partial charge in [-0.05, 0) is 109 Å². The van der Waals surface area contributed by atoms with Gasteiger partial charge in [-0.3, -0.25) is 9.59 Å². The first-order chi connectivity index (χ1) is 19.6. The lowest BCUT2D eigenvalue weighted by Gasteiger charge is -2.28. The van der Waals surface area contributed by atoms with Crippen molar-refractivity contribution in [3.63, 3.8) is 0 Å². The minimum atomic E-state index is -3.58. The summed E-state index contributed by atoms with van der Waals surface area (Å²) in [4.78, 5) is 25.1. The quantitative estimate of drug-likeness (QED) is 0.219. The molecular weight excluding hydrogens is 557 g/mol. The molecule has 3 aromatic carbocycles. The Morgan fingerprint density at radius 3 is 2.29 bits per heavy atom. The molecule has 0 amide bonds. The molecule has 42 heavy (non-hydrogen) atoms. The van der Waals surface area contributed by atoms with E-state index in [2.05, 4.69) is 4.72 Å². The van der Waals surface area contributed by atoms with Crippen molar-refractivity contribution in [1.29, 1.82) is 0 Å². The molecule has 4 rings (SSSR count). The number of hydrogen-bond acceptors (Lipinski definition) is 5. The van der Waals surface area contributed by atoms with Crippen molar-refractivity contribution in [2.24, 2.45) is 0 Å². The number of sulfonamides is 1. The summed E-state index contributed by atoms with van der Waals surface area (Å²) in [6.07, 6.45) is 1.59. The number of nitrogens with one attached hydrogen (secondary N) is 1. The summed E-state index contributed by atoms with van der Waals surface area (Å²) in [5.74, 6) is -1.64. The number of aliphatic carboxylic acids is 1. The van der Waals surface area contributed by atoms with Gasteiger partial charge in [0.05, 0.1) is 17.7 Å². The second-order valence-corrected chi connectivity index (χ2v) is 13.1. The molecule has 0 fully saturated rings. The zero-order valence-corrected chi connectivity index (χ0v) is 25.3. The van der Waals surface area contributed by atoms with Gasteiger partial charge in [0.25, 0.3) is 0 Å². The fraction of sp³-hybridized carbons (Fsp3) is 0.273. The van der Waals surface area contributed by atoms with Crippen molar-refractivity contribution >= 4 is 39.2 Å². The number of aryl methyl sites for hydroxylation is 2. The Bertz CT molecular complexity index is 1750. The lowest BCUT2D eigenvalue weighted by Crippen LogP contribution is -2.25. The third-order valence-electron chi connectivity index (χ3n) is 7.48. The van der Waals surface area contributed by atoms with E-state index in [1.165, 1.54) is 31.3 Å². The number of carboxylic acids is 1. The summed E-state index contributed by atoms with van der Waals surface area (Å²) in [5, 5.41) is 9.47. The summed E-state index contributed by atoms with van der Waals surface area (Å²) in [6.45, 7) is 9.19. The highest BCUT2D eigenvalue weighted by Gasteiger charge is 2.31. The average molecular weight is 592 g/mol. The van der Waals surface area contributed by atoms with Gasteiger partial charge in [0, 0.05) is 11.0 Å². The molecular formula is C33H34FNO6S. The Morgan fingerprint density at radius 2 is 1.67 bits per heavy atom. The van der Waals surface area contributed by atoms with Crippen LogP contribution in [0.25, 0.3) is 17.2 Å². The van der Waals surface area contributed by atoms with Crippen LogP contribution in [0.2, 0.25) is 0 Å². The minimum absolute atomic E-state index is 0.133. The molecule has 0 saturated carbocycles. The molecule has 3 aromatic rings. The second kappa shape index (κ2) is 11.7. The molecule has 1 aliphatic rings. The molecule has 0 bridgehead atoms. The van der Waals surface area contributed by atoms with Gasteiger partial charge in [0.2, 0.25) is 10.0 Å². The monoisotopic (exact) mass is 591 g/mol. The van der Waals surface area contributed by atoms with E-state index in [9.17, 15) is 27.5 Å². The van der Waals surface area contributed by atoms with Gasteiger partial charge in [-0.1, -0.05) is 38.1 Å². The molecule has 1 aliphatic carbocycles. The number of fused-ring (bicyclic) bond motifs is 1. The van der Waals surface area contributed by atoms with Crippen LogP contribution >= 0.6 is 0 Å². The lowest BCUT2D eigenvalue weighted by atomic mass is 9.78. The maximum absolute atomic E-state index is 14.4. The standard InChI is InChI=1S/C33H34FNO6S/c1-19-13-20(2)32(33(4,5)18-30(36)37)29(14-19)41-31(38)17-27-21(3)26(25-12-9-23(34)16-28(25)27)15-22-7-10-24(11-8-22)42(39,40)35-6/h7-16,35H,17-18H2,1-6H3,(H,36,37). The summed E-state index contributed by atoms with van der Waals surface area (Å²) in [5.41, 5.74) is 5.78. The van der Waals surface area contributed by atoms with Gasteiger partial charge < -0.3 is 9.84 Å². The number of carboxylic acid groups (broad SMARTS) is 1. The lowest BCUT2D eigenvalue weighted by molar-refractivity contribution is -0.138. The van der Waals surface area contributed by atoms with Gasteiger partial charge in [-0.2, -0.15) is 0 Å².